The number of amides is 2. The predicted molar refractivity (Wildman–Crippen MR) is 135 cm³/mol. The van der Waals surface area contributed by atoms with Gasteiger partial charge in [-0.1, -0.05) is 53.6 Å². The van der Waals surface area contributed by atoms with Crippen molar-refractivity contribution in [3.63, 3.8) is 0 Å². The highest BCUT2D eigenvalue weighted by molar-refractivity contribution is 6.32. The molecule has 0 saturated heterocycles. The SMILES string of the molecule is Cc1ccc(NC(=O)/C(C#N)=C/c2ccc(OCC(=O)Nc3ccccc3C)c(Cl)c2)c(C)c1. The van der Waals surface area contributed by atoms with E-state index in [0.717, 1.165) is 16.7 Å². The number of rotatable bonds is 7. The van der Waals surface area contributed by atoms with Gasteiger partial charge in [0, 0.05) is 11.4 Å². The third-order valence-electron chi connectivity index (χ3n) is 5.04. The average molecular weight is 474 g/mol. The van der Waals surface area contributed by atoms with Crippen LogP contribution in [0.2, 0.25) is 5.02 Å². The van der Waals surface area contributed by atoms with Crippen LogP contribution in [0.15, 0.2) is 66.2 Å². The van der Waals surface area contributed by atoms with Gasteiger partial charge in [-0.2, -0.15) is 5.26 Å². The lowest BCUT2D eigenvalue weighted by atomic mass is 10.1. The summed E-state index contributed by atoms with van der Waals surface area (Å²) < 4.78 is 5.54. The molecule has 0 saturated carbocycles. The molecule has 0 atom stereocenters. The van der Waals surface area contributed by atoms with Crippen LogP contribution in [0.3, 0.4) is 0 Å². The second-order valence-corrected chi connectivity index (χ2v) is 8.19. The van der Waals surface area contributed by atoms with E-state index < -0.39 is 5.91 Å². The fourth-order valence-electron chi connectivity index (χ4n) is 3.23. The second-order valence-electron chi connectivity index (χ2n) is 7.78. The minimum atomic E-state index is -0.515. The number of carbonyl (C=O) groups is 2. The third-order valence-corrected chi connectivity index (χ3v) is 5.34. The maximum absolute atomic E-state index is 12.6. The lowest BCUT2D eigenvalue weighted by molar-refractivity contribution is -0.118. The number of anilines is 2. The van der Waals surface area contributed by atoms with Gasteiger partial charge in [0.2, 0.25) is 0 Å². The number of hydrogen-bond donors (Lipinski definition) is 2. The van der Waals surface area contributed by atoms with Crippen molar-refractivity contribution < 1.29 is 14.3 Å². The molecule has 0 aromatic heterocycles. The Morgan fingerprint density at radius 3 is 2.38 bits per heavy atom. The van der Waals surface area contributed by atoms with E-state index >= 15 is 0 Å². The van der Waals surface area contributed by atoms with Gasteiger partial charge in [-0.05, 0) is 67.8 Å². The van der Waals surface area contributed by atoms with Crippen LogP contribution in [0.1, 0.15) is 22.3 Å². The smallest absolute Gasteiger partial charge is 0.266 e. The highest BCUT2D eigenvalue weighted by Crippen LogP contribution is 2.27. The minimum absolute atomic E-state index is 0.0673. The Morgan fingerprint density at radius 2 is 1.71 bits per heavy atom. The van der Waals surface area contributed by atoms with Crippen LogP contribution < -0.4 is 15.4 Å². The fourth-order valence-corrected chi connectivity index (χ4v) is 3.47. The number of carbonyl (C=O) groups excluding carboxylic acids is 2. The van der Waals surface area contributed by atoms with E-state index in [1.807, 2.05) is 63.2 Å². The lowest BCUT2D eigenvalue weighted by Crippen LogP contribution is -2.20. The van der Waals surface area contributed by atoms with E-state index in [1.54, 1.807) is 24.3 Å². The molecular formula is C27H24ClN3O3. The van der Waals surface area contributed by atoms with Crippen molar-refractivity contribution in [3.8, 4) is 11.8 Å². The summed E-state index contributed by atoms with van der Waals surface area (Å²) in [6, 6.07) is 19.8. The van der Waals surface area contributed by atoms with Crippen LogP contribution in [-0.4, -0.2) is 18.4 Å². The van der Waals surface area contributed by atoms with Crippen molar-refractivity contribution in [2.45, 2.75) is 20.8 Å². The molecule has 0 aliphatic rings. The molecular weight excluding hydrogens is 450 g/mol. The van der Waals surface area contributed by atoms with Gasteiger partial charge < -0.3 is 15.4 Å². The molecule has 0 aliphatic carbocycles. The number of benzene rings is 3. The number of nitriles is 1. The molecule has 0 heterocycles. The van der Waals surface area contributed by atoms with Gasteiger partial charge in [0.05, 0.1) is 5.02 Å². The molecule has 172 valence electrons. The van der Waals surface area contributed by atoms with Gasteiger partial charge in [-0.25, -0.2) is 0 Å². The molecule has 0 fully saturated rings. The Hall–Kier alpha value is -4.08. The van der Waals surface area contributed by atoms with Crippen LogP contribution in [-0.2, 0) is 9.59 Å². The lowest BCUT2D eigenvalue weighted by Gasteiger charge is -2.11. The molecule has 0 bridgehead atoms. The summed E-state index contributed by atoms with van der Waals surface area (Å²) >= 11 is 6.30. The Balaban J connectivity index is 1.65. The van der Waals surface area contributed by atoms with Crippen molar-refractivity contribution in [1.82, 2.24) is 0 Å². The maximum Gasteiger partial charge on any atom is 0.266 e. The summed E-state index contributed by atoms with van der Waals surface area (Å²) in [6.45, 7) is 5.54. The fraction of sp³-hybridized carbons (Fsp3) is 0.148. The molecule has 3 aromatic carbocycles. The summed E-state index contributed by atoms with van der Waals surface area (Å²) in [4.78, 5) is 24.8. The molecule has 34 heavy (non-hydrogen) atoms. The van der Waals surface area contributed by atoms with Crippen molar-refractivity contribution in [1.29, 1.82) is 5.26 Å². The first-order valence-corrected chi connectivity index (χ1v) is 10.9. The van der Waals surface area contributed by atoms with Crippen molar-refractivity contribution in [2.75, 3.05) is 17.2 Å². The van der Waals surface area contributed by atoms with Crippen LogP contribution >= 0.6 is 11.6 Å². The summed E-state index contributed by atoms with van der Waals surface area (Å²) in [7, 11) is 0. The van der Waals surface area contributed by atoms with Gasteiger partial charge >= 0.3 is 0 Å². The van der Waals surface area contributed by atoms with Gasteiger partial charge in [0.1, 0.15) is 17.4 Å². The van der Waals surface area contributed by atoms with E-state index in [9.17, 15) is 14.9 Å². The predicted octanol–water partition coefficient (Wildman–Crippen LogP) is 5.83. The average Bonchev–Trinajstić information content (AvgIpc) is 2.80. The Bertz CT molecular complexity index is 1310. The molecule has 0 spiro atoms. The highest BCUT2D eigenvalue weighted by Gasteiger charge is 2.12. The first-order valence-electron chi connectivity index (χ1n) is 10.5. The van der Waals surface area contributed by atoms with E-state index in [1.165, 1.54) is 6.08 Å². The standard InChI is InChI=1S/C27H24ClN3O3/c1-17-8-10-24(19(3)12-17)31-27(33)21(15-29)13-20-9-11-25(22(28)14-20)34-16-26(32)30-23-7-5-4-6-18(23)2/h4-14H,16H2,1-3H3,(H,30,32)(H,31,33)/b21-13+. The van der Waals surface area contributed by atoms with Gasteiger partial charge in [-0.3, -0.25) is 9.59 Å². The number of nitrogens with one attached hydrogen (secondary N) is 2. The molecule has 2 amide bonds. The summed E-state index contributed by atoms with van der Waals surface area (Å²) in [5, 5.41) is 15.3. The van der Waals surface area contributed by atoms with E-state index in [2.05, 4.69) is 10.6 Å². The normalized spacial score (nSPS) is 10.9. The molecule has 7 heteroatoms. The number of aryl methyl sites for hydroxylation is 3. The van der Waals surface area contributed by atoms with Crippen molar-refractivity contribution in [3.05, 3.63) is 93.5 Å². The third kappa shape index (κ3) is 6.47. The zero-order valence-corrected chi connectivity index (χ0v) is 19.9. The molecule has 2 N–H and O–H groups in total. The maximum atomic E-state index is 12.6. The molecule has 0 unspecified atom stereocenters. The summed E-state index contributed by atoms with van der Waals surface area (Å²) in [5.41, 5.74) is 4.77. The van der Waals surface area contributed by atoms with Crippen LogP contribution in [0.5, 0.6) is 5.75 Å². The Labute approximate surface area is 203 Å². The Morgan fingerprint density at radius 1 is 0.971 bits per heavy atom. The van der Waals surface area contributed by atoms with Crippen LogP contribution in [0.25, 0.3) is 6.08 Å². The topological polar surface area (TPSA) is 91.2 Å². The summed E-state index contributed by atoms with van der Waals surface area (Å²) in [6.07, 6.45) is 1.44. The van der Waals surface area contributed by atoms with Gasteiger partial charge in [0.15, 0.2) is 6.61 Å². The zero-order chi connectivity index (χ0) is 24.7. The Kier molecular flexibility index (Phi) is 8.07. The molecule has 0 aliphatic heterocycles. The number of halogens is 1. The monoisotopic (exact) mass is 473 g/mol. The first kappa shape index (κ1) is 24.6. The van der Waals surface area contributed by atoms with E-state index in [-0.39, 0.29) is 23.1 Å². The van der Waals surface area contributed by atoms with E-state index in [4.69, 9.17) is 16.3 Å². The first-order chi connectivity index (χ1) is 16.3. The van der Waals surface area contributed by atoms with Crippen molar-refractivity contribution in [2.24, 2.45) is 0 Å². The molecule has 0 radical (unpaired) electrons. The number of ether oxygens (including phenoxy) is 1. The largest absolute Gasteiger partial charge is 0.482 e. The second kappa shape index (κ2) is 11.2. The molecule has 3 aromatic rings. The van der Waals surface area contributed by atoms with Crippen LogP contribution in [0, 0.1) is 32.1 Å². The van der Waals surface area contributed by atoms with E-state index in [0.29, 0.717) is 22.7 Å². The number of nitrogens with zero attached hydrogens (tertiary/aromatic N) is 1. The minimum Gasteiger partial charge on any atom is -0.482 e. The quantitative estimate of drug-likeness (QED) is 0.333. The molecule has 6 nitrogen and oxygen atoms in total. The van der Waals surface area contributed by atoms with Gasteiger partial charge in [0.25, 0.3) is 11.8 Å². The number of para-hydroxylation sites is 1. The number of hydrogen-bond acceptors (Lipinski definition) is 4. The van der Waals surface area contributed by atoms with Gasteiger partial charge in [-0.15, -0.1) is 0 Å². The highest BCUT2D eigenvalue weighted by atomic mass is 35.5. The zero-order valence-electron chi connectivity index (χ0n) is 19.1. The van der Waals surface area contributed by atoms with Crippen LogP contribution in [0.4, 0.5) is 11.4 Å². The summed E-state index contributed by atoms with van der Waals surface area (Å²) in [5.74, 6) is -0.514. The van der Waals surface area contributed by atoms with Crippen molar-refractivity contribution >= 4 is 40.9 Å². The molecule has 3 rings (SSSR count).